The van der Waals surface area contributed by atoms with Crippen molar-refractivity contribution in [1.29, 1.82) is 0 Å². The van der Waals surface area contributed by atoms with Crippen molar-refractivity contribution in [2.75, 3.05) is 0 Å². The van der Waals surface area contributed by atoms with Crippen LogP contribution in [0.5, 0.6) is 0 Å². The van der Waals surface area contributed by atoms with Gasteiger partial charge in [-0.2, -0.15) is 0 Å². The average Bonchev–Trinajstić information content (AvgIpc) is 3.24. The standard InChI is InChI=1S/C26H22N2/c1-2-3-19-25-20-28(21-27-25)26(22-13-7-4-8-14-22,23-15-9-5-10-16-23)24-17-11-6-12-18-24/h1,4-18,20-21H,3,19H2. The van der Waals surface area contributed by atoms with Gasteiger partial charge in [0.15, 0.2) is 0 Å². The molecule has 1 heterocycles. The van der Waals surface area contributed by atoms with Crippen molar-refractivity contribution in [3.63, 3.8) is 0 Å². The molecule has 0 aliphatic rings. The molecule has 0 spiro atoms. The minimum atomic E-state index is -0.509. The maximum Gasteiger partial charge on any atom is 0.121 e. The van der Waals surface area contributed by atoms with Gasteiger partial charge in [-0.3, -0.25) is 0 Å². The van der Waals surface area contributed by atoms with Crippen molar-refractivity contribution in [2.24, 2.45) is 0 Å². The van der Waals surface area contributed by atoms with Crippen LogP contribution in [-0.4, -0.2) is 9.55 Å². The molecule has 0 aliphatic carbocycles. The molecular weight excluding hydrogens is 340 g/mol. The lowest BCUT2D eigenvalue weighted by Gasteiger charge is -2.37. The van der Waals surface area contributed by atoms with E-state index in [1.165, 1.54) is 16.7 Å². The fourth-order valence-electron chi connectivity index (χ4n) is 3.86. The Morgan fingerprint density at radius 2 is 1.21 bits per heavy atom. The van der Waals surface area contributed by atoms with Gasteiger partial charge in [0, 0.05) is 19.0 Å². The number of imidazole rings is 1. The van der Waals surface area contributed by atoms with E-state index in [9.17, 15) is 0 Å². The van der Waals surface area contributed by atoms with Gasteiger partial charge in [-0.05, 0) is 16.7 Å². The Bertz CT molecular complexity index is 961. The van der Waals surface area contributed by atoms with Gasteiger partial charge in [-0.15, -0.1) is 12.3 Å². The fourth-order valence-corrected chi connectivity index (χ4v) is 3.86. The molecule has 0 saturated heterocycles. The number of benzene rings is 3. The van der Waals surface area contributed by atoms with Gasteiger partial charge in [0.2, 0.25) is 0 Å². The number of aromatic nitrogens is 2. The lowest BCUT2D eigenvalue weighted by Crippen LogP contribution is -2.36. The van der Waals surface area contributed by atoms with Crippen LogP contribution in [0.2, 0.25) is 0 Å². The van der Waals surface area contributed by atoms with Gasteiger partial charge in [0.25, 0.3) is 0 Å². The third-order valence-corrected chi connectivity index (χ3v) is 5.12. The molecule has 3 aromatic carbocycles. The highest BCUT2D eigenvalue weighted by molar-refractivity contribution is 5.50. The molecule has 4 aromatic rings. The maximum absolute atomic E-state index is 5.46. The Labute approximate surface area is 166 Å². The monoisotopic (exact) mass is 362 g/mol. The molecule has 1 aromatic heterocycles. The van der Waals surface area contributed by atoms with Crippen LogP contribution >= 0.6 is 0 Å². The highest BCUT2D eigenvalue weighted by Crippen LogP contribution is 2.40. The first kappa shape index (κ1) is 17.8. The number of nitrogens with zero attached hydrogens (tertiary/aromatic N) is 2. The number of hydrogen-bond acceptors (Lipinski definition) is 1. The molecule has 0 aliphatic heterocycles. The van der Waals surface area contributed by atoms with Crippen LogP contribution in [0, 0.1) is 12.3 Å². The van der Waals surface area contributed by atoms with E-state index in [0.29, 0.717) is 6.42 Å². The first-order valence-corrected chi connectivity index (χ1v) is 9.49. The molecule has 0 saturated carbocycles. The van der Waals surface area contributed by atoms with Gasteiger partial charge in [0.1, 0.15) is 5.54 Å². The Morgan fingerprint density at radius 3 is 1.64 bits per heavy atom. The van der Waals surface area contributed by atoms with Crippen LogP contribution in [0.15, 0.2) is 104 Å². The normalized spacial score (nSPS) is 11.1. The molecule has 0 unspecified atom stereocenters. The molecule has 0 radical (unpaired) electrons. The largest absolute Gasteiger partial charge is 0.319 e. The molecule has 2 heteroatoms. The van der Waals surface area contributed by atoms with Crippen molar-refractivity contribution in [2.45, 2.75) is 18.4 Å². The second-order valence-corrected chi connectivity index (χ2v) is 6.78. The lowest BCUT2D eigenvalue weighted by molar-refractivity contribution is 0.514. The number of aryl methyl sites for hydroxylation is 1. The van der Waals surface area contributed by atoms with Crippen molar-refractivity contribution < 1.29 is 0 Å². The maximum atomic E-state index is 5.46. The summed E-state index contributed by atoms with van der Waals surface area (Å²) in [5.74, 6) is 2.71. The van der Waals surface area contributed by atoms with E-state index in [1.807, 2.05) is 6.33 Å². The molecular formula is C26H22N2. The second-order valence-electron chi connectivity index (χ2n) is 6.78. The van der Waals surface area contributed by atoms with E-state index in [-0.39, 0.29) is 0 Å². The van der Waals surface area contributed by atoms with Gasteiger partial charge >= 0.3 is 0 Å². The summed E-state index contributed by atoms with van der Waals surface area (Å²) in [6.45, 7) is 0. The minimum absolute atomic E-state index is 0.509. The zero-order valence-corrected chi connectivity index (χ0v) is 15.7. The zero-order valence-electron chi connectivity index (χ0n) is 15.7. The lowest BCUT2D eigenvalue weighted by atomic mass is 9.77. The Kier molecular flexibility index (Phi) is 5.08. The third kappa shape index (κ3) is 3.12. The van der Waals surface area contributed by atoms with E-state index in [4.69, 9.17) is 6.42 Å². The van der Waals surface area contributed by atoms with Crippen LogP contribution < -0.4 is 0 Å². The summed E-state index contributed by atoms with van der Waals surface area (Å²) >= 11 is 0. The summed E-state index contributed by atoms with van der Waals surface area (Å²) in [6, 6.07) is 31.8. The molecule has 0 bridgehead atoms. The highest BCUT2D eigenvalue weighted by atomic mass is 15.1. The average molecular weight is 362 g/mol. The summed E-state index contributed by atoms with van der Waals surface area (Å²) in [7, 11) is 0. The van der Waals surface area contributed by atoms with Gasteiger partial charge in [-0.1, -0.05) is 91.0 Å². The van der Waals surface area contributed by atoms with Crippen LogP contribution in [-0.2, 0) is 12.0 Å². The Morgan fingerprint density at radius 1 is 0.750 bits per heavy atom. The van der Waals surface area contributed by atoms with Crippen LogP contribution in [0.4, 0.5) is 0 Å². The SMILES string of the molecule is C#CCCc1cn(C(c2ccccc2)(c2ccccc2)c2ccccc2)cn1. The minimum Gasteiger partial charge on any atom is -0.319 e. The van der Waals surface area contributed by atoms with Crippen LogP contribution in [0.3, 0.4) is 0 Å². The fraction of sp³-hybridized carbons (Fsp3) is 0.115. The van der Waals surface area contributed by atoms with E-state index >= 15 is 0 Å². The van der Waals surface area contributed by atoms with Gasteiger partial charge in [0.05, 0.1) is 12.0 Å². The van der Waals surface area contributed by atoms with E-state index < -0.39 is 5.54 Å². The first-order valence-electron chi connectivity index (χ1n) is 9.49. The van der Waals surface area contributed by atoms with Crippen molar-refractivity contribution >= 4 is 0 Å². The van der Waals surface area contributed by atoms with Crippen molar-refractivity contribution in [3.8, 4) is 12.3 Å². The summed E-state index contributed by atoms with van der Waals surface area (Å²) < 4.78 is 2.22. The molecule has 0 N–H and O–H groups in total. The number of rotatable bonds is 6. The quantitative estimate of drug-likeness (QED) is 0.337. The summed E-state index contributed by atoms with van der Waals surface area (Å²) in [5.41, 5.74) is 4.06. The molecule has 0 fully saturated rings. The molecule has 0 amide bonds. The topological polar surface area (TPSA) is 17.8 Å². The zero-order chi connectivity index (χ0) is 19.2. The predicted octanol–water partition coefficient (Wildman–Crippen LogP) is 5.29. The summed E-state index contributed by atoms with van der Waals surface area (Å²) in [4.78, 5) is 4.66. The Balaban J connectivity index is 2.02. The Hall–Kier alpha value is -3.57. The summed E-state index contributed by atoms with van der Waals surface area (Å²) in [5, 5.41) is 0. The highest BCUT2D eigenvalue weighted by Gasteiger charge is 2.38. The van der Waals surface area contributed by atoms with Gasteiger partial charge < -0.3 is 4.57 Å². The molecule has 4 rings (SSSR count). The van der Waals surface area contributed by atoms with E-state index in [2.05, 4.69) is 113 Å². The molecule has 28 heavy (non-hydrogen) atoms. The predicted molar refractivity (Wildman–Crippen MR) is 114 cm³/mol. The van der Waals surface area contributed by atoms with Crippen molar-refractivity contribution in [3.05, 3.63) is 126 Å². The van der Waals surface area contributed by atoms with E-state index in [1.54, 1.807) is 0 Å². The number of hydrogen-bond donors (Lipinski definition) is 0. The smallest absolute Gasteiger partial charge is 0.121 e. The molecule has 136 valence electrons. The molecule has 2 nitrogen and oxygen atoms in total. The third-order valence-electron chi connectivity index (χ3n) is 5.12. The van der Waals surface area contributed by atoms with E-state index in [0.717, 1.165) is 12.1 Å². The molecule has 0 atom stereocenters. The second kappa shape index (κ2) is 7.98. The summed E-state index contributed by atoms with van der Waals surface area (Å²) in [6.07, 6.45) is 11.0. The number of terminal acetylenes is 1. The van der Waals surface area contributed by atoms with Crippen molar-refractivity contribution in [1.82, 2.24) is 9.55 Å². The van der Waals surface area contributed by atoms with Crippen LogP contribution in [0.1, 0.15) is 28.8 Å². The first-order chi connectivity index (χ1) is 13.9. The van der Waals surface area contributed by atoms with Crippen LogP contribution in [0.25, 0.3) is 0 Å². The van der Waals surface area contributed by atoms with Gasteiger partial charge in [-0.25, -0.2) is 4.98 Å².